The van der Waals surface area contributed by atoms with Crippen LogP contribution in [0.15, 0.2) is 0 Å². The molecule has 1 aliphatic heterocycles. The highest BCUT2D eigenvalue weighted by Crippen LogP contribution is 2.30. The zero-order chi connectivity index (χ0) is 15.4. The van der Waals surface area contributed by atoms with E-state index in [1.54, 1.807) is 4.68 Å². The average molecular weight is 296 g/mol. The van der Waals surface area contributed by atoms with E-state index in [1.807, 2.05) is 4.90 Å². The van der Waals surface area contributed by atoms with Crippen molar-refractivity contribution in [1.82, 2.24) is 9.78 Å². The summed E-state index contributed by atoms with van der Waals surface area (Å²) in [4.78, 5) is 14.1. The number of nitrogens with zero attached hydrogens (tertiary/aromatic N) is 3. The van der Waals surface area contributed by atoms with E-state index in [9.17, 15) is 4.79 Å². The van der Waals surface area contributed by atoms with Gasteiger partial charge in [0.05, 0.1) is 26.4 Å². The molecule has 0 atom stereocenters. The first kappa shape index (κ1) is 15.6. The largest absolute Gasteiger partial charge is 0.465 e. The SMILES string of the molecule is CCC(CC)n1nc(N2CCOCC2)c(C(=O)OC)c1N. The maximum absolute atomic E-state index is 12.1. The van der Waals surface area contributed by atoms with E-state index in [1.165, 1.54) is 7.11 Å². The summed E-state index contributed by atoms with van der Waals surface area (Å²) >= 11 is 0. The van der Waals surface area contributed by atoms with Gasteiger partial charge in [-0.25, -0.2) is 9.48 Å². The molecule has 0 radical (unpaired) electrons. The highest BCUT2D eigenvalue weighted by atomic mass is 16.5. The zero-order valence-corrected chi connectivity index (χ0v) is 13.0. The number of anilines is 2. The molecular formula is C14H24N4O3. The number of aromatic nitrogens is 2. The van der Waals surface area contributed by atoms with E-state index in [-0.39, 0.29) is 6.04 Å². The lowest BCUT2D eigenvalue weighted by Gasteiger charge is -2.27. The molecule has 0 aliphatic carbocycles. The number of morpholine rings is 1. The minimum atomic E-state index is -0.439. The van der Waals surface area contributed by atoms with Crippen LogP contribution in [-0.2, 0) is 9.47 Å². The molecule has 2 heterocycles. The lowest BCUT2D eigenvalue weighted by atomic mass is 10.2. The fraction of sp³-hybridized carbons (Fsp3) is 0.714. The second kappa shape index (κ2) is 6.80. The number of hydrogen-bond acceptors (Lipinski definition) is 6. The molecular weight excluding hydrogens is 272 g/mol. The molecule has 1 fully saturated rings. The Hall–Kier alpha value is -1.76. The lowest BCUT2D eigenvalue weighted by molar-refractivity contribution is 0.0601. The van der Waals surface area contributed by atoms with Gasteiger partial charge in [0.1, 0.15) is 11.4 Å². The first-order chi connectivity index (χ1) is 10.1. The maximum Gasteiger partial charge on any atom is 0.345 e. The van der Waals surface area contributed by atoms with Crippen molar-refractivity contribution in [3.63, 3.8) is 0 Å². The molecule has 1 saturated heterocycles. The van der Waals surface area contributed by atoms with Crippen molar-refractivity contribution >= 4 is 17.6 Å². The summed E-state index contributed by atoms with van der Waals surface area (Å²) in [6.07, 6.45) is 1.82. The molecule has 0 aromatic carbocycles. The molecule has 7 heteroatoms. The third-order valence-corrected chi connectivity index (χ3v) is 3.92. The zero-order valence-electron chi connectivity index (χ0n) is 13.0. The Kier molecular flexibility index (Phi) is 5.06. The van der Waals surface area contributed by atoms with Crippen molar-refractivity contribution in [3.8, 4) is 0 Å². The van der Waals surface area contributed by atoms with Gasteiger partial charge in [-0.15, -0.1) is 0 Å². The van der Waals surface area contributed by atoms with Crippen molar-refractivity contribution < 1.29 is 14.3 Å². The first-order valence-electron chi connectivity index (χ1n) is 7.42. The molecule has 0 bridgehead atoms. The summed E-state index contributed by atoms with van der Waals surface area (Å²) in [6, 6.07) is 0.184. The molecule has 1 aromatic heterocycles. The van der Waals surface area contributed by atoms with Crippen LogP contribution in [-0.4, -0.2) is 49.2 Å². The molecule has 0 spiro atoms. The molecule has 0 amide bonds. The normalized spacial score (nSPS) is 15.5. The smallest absolute Gasteiger partial charge is 0.345 e. The predicted octanol–water partition coefficient (Wildman–Crippen LogP) is 1.45. The van der Waals surface area contributed by atoms with E-state index < -0.39 is 5.97 Å². The number of methoxy groups -OCH3 is 1. The van der Waals surface area contributed by atoms with Crippen molar-refractivity contribution in [2.75, 3.05) is 44.0 Å². The summed E-state index contributed by atoms with van der Waals surface area (Å²) in [6.45, 7) is 6.81. The monoisotopic (exact) mass is 296 g/mol. The van der Waals surface area contributed by atoms with E-state index in [2.05, 4.69) is 18.9 Å². The summed E-state index contributed by atoms with van der Waals surface area (Å²) in [7, 11) is 1.36. The average Bonchev–Trinajstić information content (AvgIpc) is 2.86. The van der Waals surface area contributed by atoms with Gasteiger partial charge in [0, 0.05) is 13.1 Å². The number of nitrogens with two attached hydrogens (primary N) is 1. The number of carbonyl (C=O) groups is 1. The number of rotatable bonds is 5. The molecule has 1 aliphatic rings. The van der Waals surface area contributed by atoms with Crippen molar-refractivity contribution in [1.29, 1.82) is 0 Å². The topological polar surface area (TPSA) is 82.6 Å². The van der Waals surface area contributed by atoms with Crippen molar-refractivity contribution in [2.24, 2.45) is 0 Å². The Balaban J connectivity index is 2.46. The van der Waals surface area contributed by atoms with Gasteiger partial charge in [0.2, 0.25) is 0 Å². The molecule has 21 heavy (non-hydrogen) atoms. The van der Waals surface area contributed by atoms with Gasteiger partial charge in [-0.2, -0.15) is 5.10 Å². The minimum Gasteiger partial charge on any atom is -0.465 e. The summed E-state index contributed by atoms with van der Waals surface area (Å²) in [5.41, 5.74) is 6.55. The van der Waals surface area contributed by atoms with Crippen LogP contribution < -0.4 is 10.6 Å². The number of nitrogen functional groups attached to an aromatic ring is 1. The number of ether oxygens (including phenoxy) is 2. The Morgan fingerprint density at radius 1 is 1.38 bits per heavy atom. The highest BCUT2D eigenvalue weighted by molar-refractivity contribution is 5.99. The van der Waals surface area contributed by atoms with Crippen molar-refractivity contribution in [2.45, 2.75) is 32.7 Å². The molecule has 0 saturated carbocycles. The first-order valence-corrected chi connectivity index (χ1v) is 7.42. The van der Waals surface area contributed by atoms with Crippen LogP contribution in [0.3, 0.4) is 0 Å². The Morgan fingerprint density at radius 2 is 2.00 bits per heavy atom. The second-order valence-electron chi connectivity index (χ2n) is 5.09. The van der Waals surface area contributed by atoms with Crippen LogP contribution in [0.2, 0.25) is 0 Å². The molecule has 0 unspecified atom stereocenters. The van der Waals surface area contributed by atoms with E-state index in [0.29, 0.717) is 43.5 Å². The third-order valence-electron chi connectivity index (χ3n) is 3.92. The number of carbonyl (C=O) groups excluding carboxylic acids is 1. The van der Waals surface area contributed by atoms with Crippen LogP contribution >= 0.6 is 0 Å². The molecule has 118 valence electrons. The van der Waals surface area contributed by atoms with Gasteiger partial charge in [0.15, 0.2) is 5.82 Å². The molecule has 7 nitrogen and oxygen atoms in total. The van der Waals surface area contributed by atoms with Crippen LogP contribution in [0.1, 0.15) is 43.1 Å². The summed E-state index contributed by atoms with van der Waals surface area (Å²) in [5.74, 6) is 0.554. The van der Waals surface area contributed by atoms with Gasteiger partial charge in [-0.3, -0.25) is 0 Å². The van der Waals surface area contributed by atoms with Gasteiger partial charge in [-0.05, 0) is 12.8 Å². The van der Waals surface area contributed by atoms with E-state index >= 15 is 0 Å². The van der Waals surface area contributed by atoms with Gasteiger partial charge >= 0.3 is 5.97 Å². The van der Waals surface area contributed by atoms with Crippen molar-refractivity contribution in [3.05, 3.63) is 5.56 Å². The van der Waals surface area contributed by atoms with Crippen LogP contribution in [0.4, 0.5) is 11.6 Å². The van der Waals surface area contributed by atoms with Crippen LogP contribution in [0.25, 0.3) is 0 Å². The Bertz CT molecular complexity index is 491. The Labute approximate surface area is 125 Å². The van der Waals surface area contributed by atoms with Gasteiger partial charge in [-0.1, -0.05) is 13.8 Å². The number of hydrogen-bond donors (Lipinski definition) is 1. The molecule has 2 N–H and O–H groups in total. The highest BCUT2D eigenvalue weighted by Gasteiger charge is 2.29. The van der Waals surface area contributed by atoms with E-state index in [0.717, 1.165) is 12.8 Å². The number of esters is 1. The van der Waals surface area contributed by atoms with Gasteiger partial charge < -0.3 is 20.1 Å². The lowest BCUT2D eigenvalue weighted by Crippen LogP contribution is -2.37. The minimum absolute atomic E-state index is 0.184. The quantitative estimate of drug-likeness (QED) is 0.828. The fourth-order valence-corrected chi connectivity index (χ4v) is 2.64. The fourth-order valence-electron chi connectivity index (χ4n) is 2.64. The Morgan fingerprint density at radius 3 is 2.52 bits per heavy atom. The standard InChI is InChI=1S/C14H24N4O3/c1-4-10(5-2)18-12(15)11(14(19)20-3)13(16-18)17-6-8-21-9-7-17/h10H,4-9,15H2,1-3H3. The molecule has 1 aromatic rings. The third kappa shape index (κ3) is 2.97. The van der Waals surface area contributed by atoms with E-state index in [4.69, 9.17) is 15.2 Å². The van der Waals surface area contributed by atoms with Crippen LogP contribution in [0.5, 0.6) is 0 Å². The molecule has 2 rings (SSSR count). The van der Waals surface area contributed by atoms with Crippen LogP contribution in [0, 0.1) is 0 Å². The summed E-state index contributed by atoms with van der Waals surface area (Å²) in [5, 5.41) is 4.61. The maximum atomic E-state index is 12.1. The predicted molar refractivity (Wildman–Crippen MR) is 80.6 cm³/mol. The second-order valence-corrected chi connectivity index (χ2v) is 5.09. The van der Waals surface area contributed by atoms with Gasteiger partial charge in [0.25, 0.3) is 0 Å². The summed E-state index contributed by atoms with van der Waals surface area (Å²) < 4.78 is 12.0.